The van der Waals surface area contributed by atoms with Crippen LogP contribution in [-0.2, 0) is 0 Å². The average Bonchev–Trinajstić information content (AvgIpc) is 2.22. The molecule has 82 valence electrons. The molecule has 2 rings (SSSR count). The summed E-state index contributed by atoms with van der Waals surface area (Å²) in [7, 11) is 1.99. The Hall–Kier alpha value is -1.29. The Labute approximate surface area is 88.6 Å². The first kappa shape index (κ1) is 10.2. The SMILES string of the molecule is CN1c2ccc(F)cc2OCC1CCN. The van der Waals surface area contributed by atoms with Crippen LogP contribution in [0.1, 0.15) is 6.42 Å². The summed E-state index contributed by atoms with van der Waals surface area (Å²) in [6.45, 7) is 1.21. The van der Waals surface area contributed by atoms with Gasteiger partial charge in [0.15, 0.2) is 0 Å². The predicted octanol–water partition coefficient (Wildman–Crippen LogP) is 1.37. The van der Waals surface area contributed by atoms with Crippen molar-refractivity contribution in [3.8, 4) is 5.75 Å². The van der Waals surface area contributed by atoms with E-state index in [2.05, 4.69) is 4.90 Å². The van der Waals surface area contributed by atoms with E-state index in [0.29, 0.717) is 18.9 Å². The highest BCUT2D eigenvalue weighted by Gasteiger charge is 2.24. The summed E-state index contributed by atoms with van der Waals surface area (Å²) >= 11 is 0. The zero-order valence-corrected chi connectivity index (χ0v) is 8.74. The first-order chi connectivity index (χ1) is 7.22. The van der Waals surface area contributed by atoms with E-state index in [4.69, 9.17) is 10.5 Å². The maximum atomic E-state index is 12.9. The van der Waals surface area contributed by atoms with Crippen LogP contribution in [0.3, 0.4) is 0 Å². The molecule has 0 radical (unpaired) electrons. The first-order valence-electron chi connectivity index (χ1n) is 5.07. The number of likely N-dealkylation sites (N-methyl/N-ethyl adjacent to an activating group) is 1. The van der Waals surface area contributed by atoms with E-state index in [1.807, 2.05) is 7.05 Å². The van der Waals surface area contributed by atoms with Crippen LogP contribution >= 0.6 is 0 Å². The minimum absolute atomic E-state index is 0.264. The topological polar surface area (TPSA) is 38.5 Å². The van der Waals surface area contributed by atoms with E-state index in [0.717, 1.165) is 12.1 Å². The minimum atomic E-state index is -0.264. The fourth-order valence-electron chi connectivity index (χ4n) is 1.86. The van der Waals surface area contributed by atoms with Gasteiger partial charge in [-0.2, -0.15) is 0 Å². The molecule has 0 aliphatic carbocycles. The third-order valence-electron chi connectivity index (χ3n) is 2.78. The van der Waals surface area contributed by atoms with Gasteiger partial charge in [0, 0.05) is 13.1 Å². The van der Waals surface area contributed by atoms with Crippen LogP contribution in [0.5, 0.6) is 5.75 Å². The molecule has 0 saturated heterocycles. The lowest BCUT2D eigenvalue weighted by molar-refractivity contribution is 0.260. The van der Waals surface area contributed by atoms with Crippen molar-refractivity contribution < 1.29 is 9.13 Å². The van der Waals surface area contributed by atoms with Crippen molar-refractivity contribution in [2.45, 2.75) is 12.5 Å². The number of hydrogen-bond donors (Lipinski definition) is 1. The van der Waals surface area contributed by atoms with Gasteiger partial charge in [-0.15, -0.1) is 0 Å². The molecule has 0 amide bonds. The number of nitrogens with two attached hydrogens (primary N) is 1. The molecule has 3 nitrogen and oxygen atoms in total. The third-order valence-corrected chi connectivity index (χ3v) is 2.78. The highest BCUT2D eigenvalue weighted by atomic mass is 19.1. The summed E-state index contributed by atoms with van der Waals surface area (Å²) in [4.78, 5) is 2.10. The Balaban J connectivity index is 2.26. The summed E-state index contributed by atoms with van der Waals surface area (Å²) in [6.07, 6.45) is 0.882. The first-order valence-corrected chi connectivity index (χ1v) is 5.07. The van der Waals surface area contributed by atoms with Crippen LogP contribution in [0.4, 0.5) is 10.1 Å². The van der Waals surface area contributed by atoms with E-state index in [9.17, 15) is 4.39 Å². The summed E-state index contributed by atoms with van der Waals surface area (Å²) < 4.78 is 18.5. The number of anilines is 1. The minimum Gasteiger partial charge on any atom is -0.489 e. The van der Waals surface area contributed by atoms with Crippen molar-refractivity contribution in [3.05, 3.63) is 24.0 Å². The van der Waals surface area contributed by atoms with Crippen molar-refractivity contribution >= 4 is 5.69 Å². The standard InChI is InChI=1S/C11H15FN2O/c1-14-9(4-5-13)7-15-11-6-8(12)2-3-10(11)14/h2-3,6,9H,4-5,7,13H2,1H3. The molecule has 1 aliphatic rings. The molecule has 0 spiro atoms. The van der Waals surface area contributed by atoms with E-state index in [-0.39, 0.29) is 11.9 Å². The third kappa shape index (κ3) is 1.90. The Morgan fingerprint density at radius 1 is 1.60 bits per heavy atom. The smallest absolute Gasteiger partial charge is 0.145 e. The van der Waals surface area contributed by atoms with Gasteiger partial charge >= 0.3 is 0 Å². The van der Waals surface area contributed by atoms with Crippen molar-refractivity contribution in [1.82, 2.24) is 0 Å². The lowest BCUT2D eigenvalue weighted by Crippen LogP contribution is -2.41. The molecular weight excluding hydrogens is 195 g/mol. The summed E-state index contributed by atoms with van der Waals surface area (Å²) in [6, 6.07) is 4.90. The Bertz CT molecular complexity index is 356. The Morgan fingerprint density at radius 3 is 3.13 bits per heavy atom. The molecule has 0 bridgehead atoms. The number of hydrogen-bond acceptors (Lipinski definition) is 3. The van der Waals surface area contributed by atoms with Gasteiger partial charge in [-0.3, -0.25) is 0 Å². The summed E-state index contributed by atoms with van der Waals surface area (Å²) in [5.41, 5.74) is 6.46. The van der Waals surface area contributed by atoms with E-state index >= 15 is 0 Å². The average molecular weight is 210 g/mol. The van der Waals surface area contributed by atoms with Crippen LogP contribution in [0.2, 0.25) is 0 Å². The summed E-state index contributed by atoms with van der Waals surface area (Å²) in [5, 5.41) is 0. The molecule has 1 unspecified atom stereocenters. The van der Waals surface area contributed by atoms with Crippen molar-refractivity contribution in [2.75, 3.05) is 25.1 Å². The van der Waals surface area contributed by atoms with Gasteiger partial charge in [0.05, 0.1) is 11.7 Å². The Morgan fingerprint density at radius 2 is 2.40 bits per heavy atom. The number of benzene rings is 1. The van der Waals surface area contributed by atoms with Gasteiger partial charge in [-0.1, -0.05) is 0 Å². The van der Waals surface area contributed by atoms with Gasteiger partial charge in [-0.25, -0.2) is 4.39 Å². The second-order valence-corrected chi connectivity index (χ2v) is 3.77. The maximum Gasteiger partial charge on any atom is 0.145 e. The number of nitrogens with zero attached hydrogens (tertiary/aromatic N) is 1. The second-order valence-electron chi connectivity index (χ2n) is 3.77. The molecule has 1 aliphatic heterocycles. The van der Waals surface area contributed by atoms with Gasteiger partial charge in [-0.05, 0) is 25.1 Å². The van der Waals surface area contributed by atoms with Crippen LogP contribution in [0, 0.1) is 5.82 Å². The second kappa shape index (κ2) is 4.06. The van der Waals surface area contributed by atoms with E-state index in [1.165, 1.54) is 12.1 Å². The van der Waals surface area contributed by atoms with Gasteiger partial charge in [0.2, 0.25) is 0 Å². The van der Waals surface area contributed by atoms with Gasteiger partial charge in [0.25, 0.3) is 0 Å². The number of halogens is 1. The van der Waals surface area contributed by atoms with Gasteiger partial charge < -0.3 is 15.4 Å². The quantitative estimate of drug-likeness (QED) is 0.801. The molecule has 1 heterocycles. The van der Waals surface area contributed by atoms with E-state index < -0.39 is 0 Å². The monoisotopic (exact) mass is 210 g/mol. The lowest BCUT2D eigenvalue weighted by Gasteiger charge is -2.35. The van der Waals surface area contributed by atoms with Gasteiger partial charge in [0.1, 0.15) is 18.2 Å². The highest BCUT2D eigenvalue weighted by Crippen LogP contribution is 2.33. The fourth-order valence-corrected chi connectivity index (χ4v) is 1.86. The predicted molar refractivity (Wildman–Crippen MR) is 57.8 cm³/mol. The van der Waals surface area contributed by atoms with E-state index in [1.54, 1.807) is 6.07 Å². The van der Waals surface area contributed by atoms with Crippen molar-refractivity contribution in [1.29, 1.82) is 0 Å². The number of ether oxygens (including phenoxy) is 1. The normalized spacial score (nSPS) is 19.7. The molecule has 0 aromatic heterocycles. The molecule has 0 saturated carbocycles. The zero-order valence-electron chi connectivity index (χ0n) is 8.74. The molecule has 4 heteroatoms. The fraction of sp³-hybridized carbons (Fsp3) is 0.455. The molecule has 1 aromatic rings. The Kier molecular flexibility index (Phi) is 2.77. The van der Waals surface area contributed by atoms with Crippen LogP contribution in [0.25, 0.3) is 0 Å². The van der Waals surface area contributed by atoms with Crippen LogP contribution in [-0.4, -0.2) is 26.2 Å². The molecule has 2 N–H and O–H groups in total. The molecule has 15 heavy (non-hydrogen) atoms. The molecule has 0 fully saturated rings. The molecule has 1 aromatic carbocycles. The van der Waals surface area contributed by atoms with Crippen molar-refractivity contribution in [3.63, 3.8) is 0 Å². The maximum absolute atomic E-state index is 12.9. The summed E-state index contributed by atoms with van der Waals surface area (Å²) in [5.74, 6) is 0.352. The largest absolute Gasteiger partial charge is 0.489 e. The highest BCUT2D eigenvalue weighted by molar-refractivity contribution is 5.60. The molecular formula is C11H15FN2O. The van der Waals surface area contributed by atoms with Crippen LogP contribution in [0.15, 0.2) is 18.2 Å². The zero-order chi connectivity index (χ0) is 10.8. The number of fused-ring (bicyclic) bond motifs is 1. The number of rotatable bonds is 2. The van der Waals surface area contributed by atoms with Crippen LogP contribution < -0.4 is 15.4 Å². The lowest BCUT2D eigenvalue weighted by atomic mass is 10.1. The van der Waals surface area contributed by atoms with Crippen molar-refractivity contribution in [2.24, 2.45) is 5.73 Å². The molecule has 1 atom stereocenters.